The number of carbonyl (C=O) groups is 2. The van der Waals surface area contributed by atoms with Crippen LogP contribution in [0.25, 0.3) is 11.3 Å². The van der Waals surface area contributed by atoms with E-state index in [2.05, 4.69) is 0 Å². The van der Waals surface area contributed by atoms with E-state index in [1.165, 1.54) is 25.5 Å². The Kier molecular flexibility index (Phi) is 3.21. The summed E-state index contributed by atoms with van der Waals surface area (Å²) in [5, 5.41) is 0. The number of hydrogen-bond acceptors (Lipinski definition) is 5. The van der Waals surface area contributed by atoms with Crippen molar-refractivity contribution in [1.29, 1.82) is 0 Å². The van der Waals surface area contributed by atoms with Gasteiger partial charge in [-0.1, -0.05) is 0 Å². The Morgan fingerprint density at radius 1 is 1.43 bits per heavy atom. The maximum Gasteiger partial charge on any atom is 0.339 e. The molecule has 2 aromatic heterocycles. The predicted octanol–water partition coefficient (Wildman–Crippen LogP) is 1.65. The Balaban J connectivity index is 2.24. The zero-order valence-electron chi connectivity index (χ0n) is 11.4. The van der Waals surface area contributed by atoms with Gasteiger partial charge in [0.15, 0.2) is 6.29 Å². The summed E-state index contributed by atoms with van der Waals surface area (Å²) in [4.78, 5) is 35.1. The van der Waals surface area contributed by atoms with E-state index in [0.717, 1.165) is 6.42 Å². The van der Waals surface area contributed by atoms with Crippen molar-refractivity contribution in [3.63, 3.8) is 0 Å². The van der Waals surface area contributed by atoms with Gasteiger partial charge in [-0.2, -0.15) is 0 Å². The number of aromatic nitrogens is 1. The molecule has 0 atom stereocenters. The van der Waals surface area contributed by atoms with Crippen LogP contribution in [-0.4, -0.2) is 23.9 Å². The van der Waals surface area contributed by atoms with E-state index < -0.39 is 5.97 Å². The van der Waals surface area contributed by atoms with Crippen molar-refractivity contribution in [3.8, 4) is 11.3 Å². The van der Waals surface area contributed by atoms with Gasteiger partial charge < -0.3 is 13.7 Å². The third-order valence-electron chi connectivity index (χ3n) is 3.62. The third kappa shape index (κ3) is 2.08. The number of nitrogens with zero attached hydrogens (tertiary/aromatic N) is 1. The Morgan fingerprint density at radius 2 is 2.24 bits per heavy atom. The molecule has 6 nitrogen and oxygen atoms in total. The lowest BCUT2D eigenvalue weighted by atomic mass is 10.1. The first kappa shape index (κ1) is 13.4. The van der Waals surface area contributed by atoms with Crippen LogP contribution in [0.1, 0.15) is 32.8 Å². The third-order valence-corrected chi connectivity index (χ3v) is 3.62. The molecule has 6 heteroatoms. The molecule has 0 aliphatic carbocycles. The van der Waals surface area contributed by atoms with Gasteiger partial charge >= 0.3 is 5.97 Å². The SMILES string of the molecule is COC(=O)c1cc(-c2cc(C=O)co2)c(=O)n2c1CCC2. The lowest BCUT2D eigenvalue weighted by Crippen LogP contribution is -2.24. The van der Waals surface area contributed by atoms with Gasteiger partial charge in [-0.3, -0.25) is 9.59 Å². The summed E-state index contributed by atoms with van der Waals surface area (Å²) in [5.41, 5.74) is 1.44. The van der Waals surface area contributed by atoms with Gasteiger partial charge in [0.25, 0.3) is 5.56 Å². The molecule has 0 fully saturated rings. The number of carbonyl (C=O) groups excluding carboxylic acids is 2. The van der Waals surface area contributed by atoms with Crippen molar-refractivity contribution >= 4 is 12.3 Å². The number of furan rings is 1. The Bertz CT molecular complexity index is 784. The van der Waals surface area contributed by atoms with Crippen LogP contribution in [0.2, 0.25) is 0 Å². The first-order valence-corrected chi connectivity index (χ1v) is 6.55. The van der Waals surface area contributed by atoms with Crippen LogP contribution in [0.4, 0.5) is 0 Å². The first-order valence-electron chi connectivity index (χ1n) is 6.55. The van der Waals surface area contributed by atoms with Crippen LogP contribution in [0, 0.1) is 0 Å². The molecule has 21 heavy (non-hydrogen) atoms. The lowest BCUT2D eigenvalue weighted by molar-refractivity contribution is 0.0598. The van der Waals surface area contributed by atoms with Gasteiger partial charge in [0, 0.05) is 12.2 Å². The Morgan fingerprint density at radius 3 is 2.90 bits per heavy atom. The second-order valence-electron chi connectivity index (χ2n) is 4.83. The van der Waals surface area contributed by atoms with Crippen LogP contribution >= 0.6 is 0 Å². The first-order chi connectivity index (χ1) is 10.2. The molecular formula is C15H13NO5. The summed E-state index contributed by atoms with van der Waals surface area (Å²) in [7, 11) is 1.30. The molecule has 0 amide bonds. The molecule has 1 aliphatic heterocycles. The van der Waals surface area contributed by atoms with E-state index in [0.29, 0.717) is 36.1 Å². The van der Waals surface area contributed by atoms with Crippen LogP contribution in [0.3, 0.4) is 0 Å². The molecule has 3 heterocycles. The Labute approximate surface area is 119 Å². The van der Waals surface area contributed by atoms with Crippen LogP contribution in [0.5, 0.6) is 0 Å². The number of hydrogen-bond donors (Lipinski definition) is 0. The molecule has 0 N–H and O–H groups in total. The summed E-state index contributed by atoms with van der Waals surface area (Å²) in [6.07, 6.45) is 3.38. The van der Waals surface area contributed by atoms with Crippen LogP contribution < -0.4 is 5.56 Å². The van der Waals surface area contributed by atoms with Gasteiger partial charge in [-0.25, -0.2) is 4.79 Å². The zero-order chi connectivity index (χ0) is 15.0. The van der Waals surface area contributed by atoms with Crippen molar-refractivity contribution < 1.29 is 18.7 Å². The molecule has 1 aliphatic rings. The van der Waals surface area contributed by atoms with E-state index in [9.17, 15) is 14.4 Å². The fourth-order valence-corrected chi connectivity index (χ4v) is 2.63. The van der Waals surface area contributed by atoms with E-state index in [1.54, 1.807) is 4.57 Å². The van der Waals surface area contributed by atoms with Crippen molar-refractivity contribution in [3.05, 3.63) is 45.6 Å². The number of pyridine rings is 1. The summed E-state index contributed by atoms with van der Waals surface area (Å²) in [5.74, 6) is -0.210. The fraction of sp³-hybridized carbons (Fsp3) is 0.267. The molecular weight excluding hydrogens is 274 g/mol. The smallest absolute Gasteiger partial charge is 0.339 e. The van der Waals surface area contributed by atoms with Crippen molar-refractivity contribution in [2.24, 2.45) is 0 Å². The van der Waals surface area contributed by atoms with E-state index in [4.69, 9.17) is 9.15 Å². The monoisotopic (exact) mass is 287 g/mol. The van der Waals surface area contributed by atoms with E-state index in [-0.39, 0.29) is 16.9 Å². The van der Waals surface area contributed by atoms with Crippen molar-refractivity contribution in [2.75, 3.05) is 7.11 Å². The van der Waals surface area contributed by atoms with Crippen molar-refractivity contribution in [1.82, 2.24) is 4.57 Å². The average molecular weight is 287 g/mol. The summed E-state index contributed by atoms with van der Waals surface area (Å²) >= 11 is 0. The van der Waals surface area contributed by atoms with Crippen LogP contribution in [-0.2, 0) is 17.7 Å². The standard InChI is InChI=1S/C15H13NO5/c1-20-15(19)10-6-11(13-5-9(7-17)8-21-13)14(18)16-4-2-3-12(10)16/h5-8H,2-4H2,1H3. The van der Waals surface area contributed by atoms with Gasteiger partial charge in [0.05, 0.1) is 23.8 Å². The number of esters is 1. The number of rotatable bonds is 3. The van der Waals surface area contributed by atoms with Crippen LogP contribution in [0.15, 0.2) is 27.6 Å². The number of aldehydes is 1. The largest absolute Gasteiger partial charge is 0.465 e. The molecule has 0 spiro atoms. The molecule has 0 bridgehead atoms. The molecule has 0 aromatic carbocycles. The van der Waals surface area contributed by atoms with Gasteiger partial charge in [-0.05, 0) is 25.0 Å². The molecule has 0 saturated heterocycles. The topological polar surface area (TPSA) is 78.5 Å². The molecule has 2 aromatic rings. The molecule has 108 valence electrons. The van der Waals surface area contributed by atoms with Crippen molar-refractivity contribution in [2.45, 2.75) is 19.4 Å². The predicted molar refractivity (Wildman–Crippen MR) is 73.5 cm³/mol. The summed E-state index contributed by atoms with van der Waals surface area (Å²) < 4.78 is 11.6. The van der Waals surface area contributed by atoms with E-state index >= 15 is 0 Å². The molecule has 0 radical (unpaired) electrons. The molecule has 3 rings (SSSR count). The minimum Gasteiger partial charge on any atom is -0.465 e. The highest BCUT2D eigenvalue weighted by Crippen LogP contribution is 2.25. The highest BCUT2D eigenvalue weighted by Gasteiger charge is 2.24. The maximum atomic E-state index is 12.5. The normalized spacial score (nSPS) is 13.0. The van der Waals surface area contributed by atoms with Gasteiger partial charge in [-0.15, -0.1) is 0 Å². The second-order valence-corrected chi connectivity index (χ2v) is 4.83. The number of fused-ring (bicyclic) bond motifs is 1. The fourth-order valence-electron chi connectivity index (χ4n) is 2.63. The summed E-state index contributed by atoms with van der Waals surface area (Å²) in [6.45, 7) is 0.563. The quantitative estimate of drug-likeness (QED) is 0.633. The summed E-state index contributed by atoms with van der Waals surface area (Å²) in [6, 6.07) is 2.96. The number of ether oxygens (including phenoxy) is 1. The number of methoxy groups -OCH3 is 1. The minimum atomic E-state index is -0.482. The average Bonchev–Trinajstić information content (AvgIpc) is 3.16. The molecule has 0 unspecified atom stereocenters. The maximum absolute atomic E-state index is 12.5. The lowest BCUT2D eigenvalue weighted by Gasteiger charge is -2.10. The van der Waals surface area contributed by atoms with Gasteiger partial charge in [0.1, 0.15) is 12.0 Å². The molecule has 0 saturated carbocycles. The minimum absolute atomic E-state index is 0.220. The highest BCUT2D eigenvalue weighted by molar-refractivity contribution is 5.92. The van der Waals surface area contributed by atoms with E-state index in [1.807, 2.05) is 0 Å². The Hall–Kier alpha value is -2.63. The van der Waals surface area contributed by atoms with Gasteiger partial charge in [0.2, 0.25) is 0 Å². The highest BCUT2D eigenvalue weighted by atomic mass is 16.5. The zero-order valence-corrected chi connectivity index (χ0v) is 11.4. The second kappa shape index (κ2) is 5.05.